The van der Waals surface area contributed by atoms with E-state index in [1.54, 1.807) is 13.8 Å². The molecule has 0 saturated heterocycles. The number of halogens is 3. The van der Waals surface area contributed by atoms with Crippen LogP contribution in [-0.4, -0.2) is 11.5 Å². The fourth-order valence-electron chi connectivity index (χ4n) is 0. The molecule has 0 N–H and O–H groups in total. The molecular formula is C4H13Cl3O4S2Ti. The van der Waals surface area contributed by atoms with Gasteiger partial charge in [-0.1, -0.05) is 46.8 Å². The predicted octanol–water partition coefficient (Wildman–Crippen LogP) is 1.89. The Labute approximate surface area is 122 Å². The third-order valence-corrected chi connectivity index (χ3v) is 1.41. The second kappa shape index (κ2) is 29.3. The maximum atomic E-state index is 9.37. The molecule has 14 heavy (non-hydrogen) atoms. The van der Waals surface area contributed by atoms with Gasteiger partial charge in [0.25, 0.3) is 0 Å². The molecule has 0 aromatic carbocycles. The maximum Gasteiger partial charge on any atom is 2.00 e. The number of rotatable bonds is 2. The van der Waals surface area contributed by atoms with Crippen molar-refractivity contribution in [3.63, 3.8) is 0 Å². The van der Waals surface area contributed by atoms with Crippen LogP contribution in [0.5, 0.6) is 0 Å². The molecule has 0 radical (unpaired) electrons. The van der Waals surface area contributed by atoms with Crippen LogP contribution in [-0.2, 0) is 60.0 Å². The van der Waals surface area contributed by atoms with Gasteiger partial charge in [-0.3, -0.25) is 0 Å². The minimum absolute atomic E-state index is 0. The van der Waals surface area contributed by atoms with Crippen LogP contribution in [0.2, 0.25) is 0 Å². The number of hydrogen-bond donors (Lipinski definition) is 0. The van der Waals surface area contributed by atoms with Crippen LogP contribution in [0.3, 0.4) is 0 Å². The zero-order chi connectivity index (χ0) is 8.57. The van der Waals surface area contributed by atoms with Gasteiger partial charge < -0.3 is 16.8 Å². The molecule has 0 rings (SSSR count). The average Bonchev–Trinajstić information content (AvgIpc) is 1.89. The van der Waals surface area contributed by atoms with Crippen molar-refractivity contribution < 1.29 is 38.6 Å². The van der Waals surface area contributed by atoms with Gasteiger partial charge in [-0.05, 0) is 0 Å². The molecule has 0 bridgehead atoms. The van der Waals surface area contributed by atoms with Crippen LogP contribution >= 0.6 is 37.2 Å². The van der Waals surface area contributed by atoms with E-state index in [-0.39, 0.29) is 70.4 Å². The van der Waals surface area contributed by atoms with Crippen LogP contribution in [0.1, 0.15) is 13.8 Å². The molecule has 0 saturated carbocycles. The van der Waals surface area contributed by atoms with E-state index < -0.39 is 21.4 Å². The quantitative estimate of drug-likeness (QED) is 0.567. The molecule has 0 fully saturated rings. The van der Waals surface area contributed by atoms with Crippen molar-refractivity contribution in [1.82, 2.24) is 0 Å². The molecule has 0 heterocycles. The van der Waals surface area contributed by atoms with Gasteiger partial charge in [-0.15, -0.1) is 37.2 Å². The largest absolute Gasteiger partial charge is 2.00 e. The van der Waals surface area contributed by atoms with Crippen molar-refractivity contribution in [2.24, 2.45) is 0 Å². The molecule has 0 atom stereocenters. The fraction of sp³-hybridized carbons (Fsp3) is 1.00. The van der Waals surface area contributed by atoms with Gasteiger partial charge in [0.1, 0.15) is 0 Å². The third-order valence-electron chi connectivity index (χ3n) is 0.471. The Bertz CT molecular complexity index is 169. The van der Waals surface area contributed by atoms with Gasteiger partial charge in [-0.2, -0.15) is 0 Å². The molecule has 0 aliphatic rings. The average molecular weight is 344 g/mol. The normalized spacial score (nSPS) is 6.57. The minimum Gasteiger partial charge on any atom is -0.424 e. The van der Waals surface area contributed by atoms with Crippen LogP contribution in [0.15, 0.2) is 0 Å². The second-order valence-corrected chi connectivity index (χ2v) is 3.55. The smallest absolute Gasteiger partial charge is 0.424 e. The van der Waals surface area contributed by atoms with E-state index in [0.717, 1.165) is 0 Å². The van der Waals surface area contributed by atoms with Gasteiger partial charge in [0.05, 0.1) is 0 Å². The predicted molar refractivity (Wildman–Crippen MR) is 60.3 cm³/mol. The van der Waals surface area contributed by atoms with E-state index in [2.05, 4.69) is 0 Å². The first-order chi connectivity index (χ1) is 4.54. The summed E-state index contributed by atoms with van der Waals surface area (Å²) in [4.78, 5) is 0. The van der Waals surface area contributed by atoms with Gasteiger partial charge in [0, 0.05) is 0 Å². The summed E-state index contributed by atoms with van der Waals surface area (Å²) in [7, 11) is -3.65. The molecule has 0 aromatic rings. The zero-order valence-electron chi connectivity index (χ0n) is 7.59. The van der Waals surface area contributed by atoms with E-state index in [1.807, 2.05) is 0 Å². The number of hydrogen-bond acceptors (Lipinski definition) is 6. The summed E-state index contributed by atoms with van der Waals surface area (Å²) in [5.74, 6) is 0.444. The van der Waals surface area contributed by atoms with Crippen molar-refractivity contribution in [1.29, 1.82) is 0 Å². The summed E-state index contributed by atoms with van der Waals surface area (Å²) in [5, 5.41) is 0. The van der Waals surface area contributed by atoms with Crippen molar-refractivity contribution in [2.45, 2.75) is 13.8 Å². The van der Waals surface area contributed by atoms with Gasteiger partial charge in [-0.25, -0.2) is 0 Å². The molecule has 0 aliphatic heterocycles. The zero-order valence-corrected chi connectivity index (χ0v) is 13.2. The van der Waals surface area contributed by atoms with Crippen molar-refractivity contribution in [3.8, 4) is 0 Å². The van der Waals surface area contributed by atoms with Crippen molar-refractivity contribution >= 4 is 58.6 Å². The van der Waals surface area contributed by atoms with Crippen molar-refractivity contribution in [3.05, 3.63) is 0 Å². The first-order valence-corrected chi connectivity index (χ1v) is 5.15. The van der Waals surface area contributed by atoms with E-state index in [0.29, 0.717) is 0 Å². The Kier molecular flexibility index (Phi) is 75.5. The maximum absolute atomic E-state index is 9.37. The fourth-order valence-corrected chi connectivity index (χ4v) is 0. The topological polar surface area (TPSA) is 68.3 Å². The summed E-state index contributed by atoms with van der Waals surface area (Å²) in [6, 6.07) is 0. The van der Waals surface area contributed by atoms with Gasteiger partial charge in [0.15, 0.2) is 0 Å². The van der Waals surface area contributed by atoms with Crippen molar-refractivity contribution in [2.75, 3.05) is 11.5 Å². The molecule has 4 nitrogen and oxygen atoms in total. The van der Waals surface area contributed by atoms with Gasteiger partial charge in [0.2, 0.25) is 0 Å². The molecule has 0 spiro atoms. The van der Waals surface area contributed by atoms with Gasteiger partial charge >= 0.3 is 21.7 Å². The van der Waals surface area contributed by atoms with Crippen LogP contribution in [0, 0.1) is 0 Å². The van der Waals surface area contributed by atoms with Crippen LogP contribution in [0.4, 0.5) is 0 Å². The summed E-state index contributed by atoms with van der Waals surface area (Å²) in [6.07, 6.45) is 0. The molecule has 0 aliphatic carbocycles. The first-order valence-electron chi connectivity index (χ1n) is 2.66. The molecule has 0 amide bonds. The Morgan fingerprint density at radius 2 is 0.786 bits per heavy atom. The molecule has 0 unspecified atom stereocenters. The second-order valence-electron chi connectivity index (χ2n) is 1.18. The van der Waals surface area contributed by atoms with E-state index >= 15 is 0 Å². The summed E-state index contributed by atoms with van der Waals surface area (Å²) >= 11 is 0. The minimum atomic E-state index is -1.82. The summed E-state index contributed by atoms with van der Waals surface area (Å²) in [5.41, 5.74) is 0. The van der Waals surface area contributed by atoms with E-state index in [4.69, 9.17) is 0 Å². The molecular weight excluding hydrogens is 330 g/mol. The third kappa shape index (κ3) is 69.9. The Morgan fingerprint density at radius 1 is 0.714 bits per heavy atom. The standard InChI is InChI=1S/2C2H5O2S.3ClH.Ti/c2*1-2-5(3)4;;;;/h2*2H2,1H3;3*1H;/q2*-1;;;;+2. The summed E-state index contributed by atoms with van der Waals surface area (Å²) in [6.45, 7) is 3.17. The molecule has 10 heteroatoms. The van der Waals surface area contributed by atoms with Crippen LogP contribution < -0.4 is 0 Å². The van der Waals surface area contributed by atoms with E-state index in [1.165, 1.54) is 0 Å². The Balaban J connectivity index is -0.0000000178. The Morgan fingerprint density at radius 3 is 0.786 bits per heavy atom. The first kappa shape index (κ1) is 36.1. The molecule has 90 valence electrons. The summed E-state index contributed by atoms with van der Waals surface area (Å²) < 4.78 is 37.5. The van der Waals surface area contributed by atoms with E-state index in [9.17, 15) is 16.8 Å². The molecule has 0 aromatic heterocycles. The SMILES string of the molecule is CC[S-](=O)=O.CC[S-](=O)=O.Cl.Cl.Cl.[Ti+2]. The Hall–Kier alpha value is 1.48. The monoisotopic (exact) mass is 342 g/mol. The van der Waals surface area contributed by atoms with Crippen LogP contribution in [0.25, 0.3) is 0 Å².